The van der Waals surface area contributed by atoms with E-state index < -0.39 is 4.92 Å². The summed E-state index contributed by atoms with van der Waals surface area (Å²) in [5.74, 6) is -0.325. The highest BCUT2D eigenvalue weighted by atomic mass is 16.6. The molecule has 1 N–H and O–H groups in total. The molecule has 3 aromatic rings. The number of carbonyl (C=O) groups is 1. The van der Waals surface area contributed by atoms with E-state index >= 15 is 0 Å². The summed E-state index contributed by atoms with van der Waals surface area (Å²) in [5, 5.41) is 21.5. The first-order valence-corrected chi connectivity index (χ1v) is 7.10. The first-order valence-electron chi connectivity index (χ1n) is 7.10. The molecule has 0 fully saturated rings. The molecule has 0 bridgehead atoms. The quantitative estimate of drug-likeness (QED) is 0.570. The van der Waals surface area contributed by atoms with E-state index in [4.69, 9.17) is 0 Å². The highest BCUT2D eigenvalue weighted by Gasteiger charge is 2.12. The number of carbonyl (C=O) groups excluding carboxylic acids is 1. The Morgan fingerprint density at radius 3 is 2.79 bits per heavy atom. The zero-order valence-electron chi connectivity index (χ0n) is 12.8. The van der Waals surface area contributed by atoms with Crippen LogP contribution in [0.3, 0.4) is 0 Å². The average molecular weight is 326 g/mol. The van der Waals surface area contributed by atoms with Gasteiger partial charge in [-0.3, -0.25) is 19.6 Å². The van der Waals surface area contributed by atoms with Gasteiger partial charge in [0.2, 0.25) is 0 Å². The lowest BCUT2D eigenvalue weighted by atomic mass is 10.2. The summed E-state index contributed by atoms with van der Waals surface area (Å²) < 4.78 is 2.84. The van der Waals surface area contributed by atoms with E-state index in [1.165, 1.54) is 15.6 Å². The Balaban J connectivity index is 1.69. The Labute approximate surface area is 136 Å². The van der Waals surface area contributed by atoms with Gasteiger partial charge in [-0.05, 0) is 24.6 Å². The molecule has 0 atom stereocenters. The van der Waals surface area contributed by atoms with E-state index in [0.29, 0.717) is 0 Å². The zero-order valence-corrected chi connectivity index (χ0v) is 12.8. The van der Waals surface area contributed by atoms with Gasteiger partial charge in [0.15, 0.2) is 5.69 Å². The molecule has 2 heterocycles. The molecule has 0 unspecified atom stereocenters. The highest BCUT2D eigenvalue weighted by molar-refractivity contribution is 6.03. The fourth-order valence-electron chi connectivity index (χ4n) is 2.13. The van der Waals surface area contributed by atoms with Crippen LogP contribution < -0.4 is 5.32 Å². The SMILES string of the molecule is Cc1ccccc1NC(=O)c1ccn(Cn2cc([N+](=O)[O-])cn2)n1. The van der Waals surface area contributed by atoms with Gasteiger partial charge in [-0.2, -0.15) is 10.2 Å². The largest absolute Gasteiger partial charge is 0.320 e. The molecule has 24 heavy (non-hydrogen) atoms. The van der Waals surface area contributed by atoms with Crippen LogP contribution in [-0.2, 0) is 6.67 Å². The number of nitrogens with zero attached hydrogens (tertiary/aromatic N) is 5. The van der Waals surface area contributed by atoms with E-state index in [0.717, 1.165) is 17.4 Å². The highest BCUT2D eigenvalue weighted by Crippen LogP contribution is 2.14. The maximum atomic E-state index is 12.2. The van der Waals surface area contributed by atoms with Crippen molar-refractivity contribution in [1.29, 1.82) is 0 Å². The molecule has 1 amide bonds. The smallest absolute Gasteiger partial charge is 0.307 e. The maximum Gasteiger partial charge on any atom is 0.307 e. The number of nitro groups is 1. The number of hydrogen-bond donors (Lipinski definition) is 1. The third-order valence-corrected chi connectivity index (χ3v) is 3.39. The van der Waals surface area contributed by atoms with Crippen molar-refractivity contribution in [2.45, 2.75) is 13.6 Å². The number of aromatic nitrogens is 4. The number of benzene rings is 1. The topological polar surface area (TPSA) is 108 Å². The summed E-state index contributed by atoms with van der Waals surface area (Å²) in [4.78, 5) is 22.3. The molecule has 122 valence electrons. The summed E-state index contributed by atoms with van der Waals surface area (Å²) in [7, 11) is 0. The molecule has 9 nitrogen and oxygen atoms in total. The van der Waals surface area contributed by atoms with Gasteiger partial charge in [0.1, 0.15) is 19.1 Å². The number of hydrogen-bond acceptors (Lipinski definition) is 5. The summed E-state index contributed by atoms with van der Waals surface area (Å²) >= 11 is 0. The van der Waals surface area contributed by atoms with Crippen LogP contribution in [0.2, 0.25) is 0 Å². The van der Waals surface area contributed by atoms with Crippen molar-refractivity contribution in [3.05, 3.63) is 70.3 Å². The predicted octanol–water partition coefficient (Wildman–Crippen LogP) is 2.05. The van der Waals surface area contributed by atoms with Crippen LogP contribution in [0.1, 0.15) is 16.1 Å². The van der Waals surface area contributed by atoms with Gasteiger partial charge in [-0.1, -0.05) is 18.2 Å². The van der Waals surface area contributed by atoms with E-state index in [1.54, 1.807) is 12.3 Å². The molecule has 0 aliphatic rings. The summed E-state index contributed by atoms with van der Waals surface area (Å²) in [6.07, 6.45) is 4.07. The maximum absolute atomic E-state index is 12.2. The first-order chi connectivity index (χ1) is 11.5. The standard InChI is InChI=1S/C15H14N6O3/c1-11-4-2-3-5-13(11)17-15(22)14-6-7-19(18-14)10-20-9-12(8-16-20)21(23)24/h2-9H,10H2,1H3,(H,17,22). The number of nitrogens with one attached hydrogen (secondary N) is 1. The van der Waals surface area contributed by atoms with Crippen molar-refractivity contribution in [1.82, 2.24) is 19.6 Å². The molecule has 0 radical (unpaired) electrons. The van der Waals surface area contributed by atoms with Gasteiger partial charge in [0, 0.05) is 11.9 Å². The van der Waals surface area contributed by atoms with Crippen molar-refractivity contribution in [3.8, 4) is 0 Å². The fourth-order valence-corrected chi connectivity index (χ4v) is 2.13. The fraction of sp³-hybridized carbons (Fsp3) is 0.133. The normalized spacial score (nSPS) is 10.5. The minimum atomic E-state index is -0.520. The third-order valence-electron chi connectivity index (χ3n) is 3.39. The lowest BCUT2D eigenvalue weighted by Crippen LogP contribution is -2.15. The molecule has 0 saturated carbocycles. The van der Waals surface area contributed by atoms with Crippen LogP contribution >= 0.6 is 0 Å². The van der Waals surface area contributed by atoms with Crippen molar-refractivity contribution < 1.29 is 9.72 Å². The van der Waals surface area contributed by atoms with Crippen LogP contribution in [0.5, 0.6) is 0 Å². The summed E-state index contributed by atoms with van der Waals surface area (Å²) in [6, 6.07) is 9.02. The van der Waals surface area contributed by atoms with Crippen molar-refractivity contribution in [3.63, 3.8) is 0 Å². The van der Waals surface area contributed by atoms with Crippen LogP contribution in [-0.4, -0.2) is 30.4 Å². The van der Waals surface area contributed by atoms with Crippen LogP contribution in [0.15, 0.2) is 48.9 Å². The van der Waals surface area contributed by atoms with Crippen LogP contribution in [0.25, 0.3) is 0 Å². The number of amides is 1. The molecule has 0 spiro atoms. The monoisotopic (exact) mass is 326 g/mol. The molecular formula is C15H14N6O3. The van der Waals surface area contributed by atoms with Gasteiger partial charge in [-0.15, -0.1) is 0 Å². The van der Waals surface area contributed by atoms with Crippen molar-refractivity contribution in [2.24, 2.45) is 0 Å². The Kier molecular flexibility index (Phi) is 4.06. The Bertz CT molecular complexity index is 898. The second kappa shape index (κ2) is 6.32. The van der Waals surface area contributed by atoms with Crippen LogP contribution in [0.4, 0.5) is 11.4 Å². The second-order valence-corrected chi connectivity index (χ2v) is 5.15. The Hall–Kier alpha value is -3.49. The number of rotatable bonds is 5. The van der Waals surface area contributed by atoms with Gasteiger partial charge >= 0.3 is 5.69 Å². The predicted molar refractivity (Wildman–Crippen MR) is 85.6 cm³/mol. The van der Waals surface area contributed by atoms with Gasteiger partial charge in [0.05, 0.1) is 4.92 Å². The third kappa shape index (κ3) is 3.29. The lowest BCUT2D eigenvalue weighted by molar-refractivity contribution is -0.385. The number of aryl methyl sites for hydroxylation is 1. The molecular weight excluding hydrogens is 312 g/mol. The molecule has 0 saturated heterocycles. The molecule has 9 heteroatoms. The van der Waals surface area contributed by atoms with Crippen LogP contribution in [0, 0.1) is 17.0 Å². The van der Waals surface area contributed by atoms with Gasteiger partial charge in [-0.25, -0.2) is 4.68 Å². The molecule has 0 aliphatic heterocycles. The van der Waals surface area contributed by atoms with E-state index in [1.807, 2.05) is 31.2 Å². The second-order valence-electron chi connectivity index (χ2n) is 5.15. The molecule has 0 aliphatic carbocycles. The Morgan fingerprint density at radius 2 is 2.08 bits per heavy atom. The minimum Gasteiger partial charge on any atom is -0.320 e. The lowest BCUT2D eigenvalue weighted by Gasteiger charge is -2.06. The number of para-hydroxylation sites is 1. The number of anilines is 1. The van der Waals surface area contributed by atoms with Crippen molar-refractivity contribution in [2.75, 3.05) is 5.32 Å². The van der Waals surface area contributed by atoms with E-state index in [-0.39, 0.29) is 24.0 Å². The van der Waals surface area contributed by atoms with E-state index in [9.17, 15) is 14.9 Å². The summed E-state index contributed by atoms with van der Waals surface area (Å²) in [5.41, 5.74) is 1.83. The molecule has 3 rings (SSSR count). The first kappa shape index (κ1) is 15.4. The van der Waals surface area contributed by atoms with Gasteiger partial charge in [0.25, 0.3) is 5.91 Å². The van der Waals surface area contributed by atoms with E-state index in [2.05, 4.69) is 15.5 Å². The molecule has 2 aromatic heterocycles. The van der Waals surface area contributed by atoms with Gasteiger partial charge < -0.3 is 5.32 Å². The zero-order chi connectivity index (χ0) is 17.1. The minimum absolute atomic E-state index is 0.0975. The Morgan fingerprint density at radius 1 is 1.29 bits per heavy atom. The average Bonchev–Trinajstić information content (AvgIpc) is 3.19. The van der Waals surface area contributed by atoms with Crippen molar-refractivity contribution >= 4 is 17.3 Å². The summed E-state index contributed by atoms with van der Waals surface area (Å²) in [6.45, 7) is 2.07. The molecule has 1 aromatic carbocycles.